The first-order valence-electron chi connectivity index (χ1n) is 8.96. The van der Waals surface area contributed by atoms with Crippen LogP contribution in [0.4, 0.5) is 0 Å². The second kappa shape index (κ2) is 8.22. The van der Waals surface area contributed by atoms with Crippen molar-refractivity contribution in [1.29, 1.82) is 0 Å². The number of hydrogen-bond donors (Lipinski definition) is 1. The average Bonchev–Trinajstić information content (AvgIpc) is 3.37. The lowest BCUT2D eigenvalue weighted by atomic mass is 10.1. The molecule has 0 fully saturated rings. The van der Waals surface area contributed by atoms with E-state index in [0.29, 0.717) is 11.6 Å². The van der Waals surface area contributed by atoms with Crippen LogP contribution in [0.15, 0.2) is 67.3 Å². The molecule has 0 saturated carbocycles. The van der Waals surface area contributed by atoms with Gasteiger partial charge in [-0.2, -0.15) is 0 Å². The fourth-order valence-electron chi connectivity index (χ4n) is 3.09. The minimum atomic E-state index is -0.166. The number of imidazole rings is 1. The molecule has 4 aromatic rings. The maximum atomic E-state index is 12.9. The van der Waals surface area contributed by atoms with Crippen LogP contribution in [0, 0.1) is 0 Å². The first-order valence-corrected chi connectivity index (χ1v) is 9.78. The Morgan fingerprint density at radius 2 is 2.11 bits per heavy atom. The summed E-state index contributed by atoms with van der Waals surface area (Å²) in [5.74, 6) is 0.589. The normalized spacial score (nSPS) is 12.0. The molecule has 6 nitrogen and oxygen atoms in total. The molecule has 1 amide bonds. The second-order valence-electron chi connectivity index (χ2n) is 6.47. The van der Waals surface area contributed by atoms with Gasteiger partial charge < -0.3 is 14.6 Å². The minimum Gasteiger partial charge on any atom is -0.497 e. The van der Waals surface area contributed by atoms with Crippen LogP contribution in [0.25, 0.3) is 10.2 Å². The number of carbonyl (C=O) groups is 1. The topological polar surface area (TPSA) is 69.0 Å². The first-order chi connectivity index (χ1) is 13.7. The Bertz CT molecular complexity index is 1060. The Morgan fingerprint density at radius 3 is 2.86 bits per heavy atom. The van der Waals surface area contributed by atoms with Gasteiger partial charge >= 0.3 is 0 Å². The second-order valence-corrected chi connectivity index (χ2v) is 7.50. The molecular weight excluding hydrogens is 372 g/mol. The van der Waals surface area contributed by atoms with E-state index in [2.05, 4.69) is 27.4 Å². The summed E-state index contributed by atoms with van der Waals surface area (Å²) < 4.78 is 8.15. The molecule has 2 aromatic carbocycles. The van der Waals surface area contributed by atoms with E-state index in [4.69, 9.17) is 4.74 Å². The van der Waals surface area contributed by atoms with E-state index in [1.165, 1.54) is 16.9 Å². The Hall–Kier alpha value is -3.19. The predicted molar refractivity (Wildman–Crippen MR) is 110 cm³/mol. The van der Waals surface area contributed by atoms with Crippen molar-refractivity contribution in [3.8, 4) is 5.75 Å². The lowest BCUT2D eigenvalue weighted by molar-refractivity contribution is 0.0932. The van der Waals surface area contributed by atoms with Crippen molar-refractivity contribution in [3.05, 3.63) is 77.8 Å². The summed E-state index contributed by atoms with van der Waals surface area (Å²) in [5, 5.41) is 3.59. The molecule has 4 rings (SSSR count). The maximum Gasteiger partial charge on any atom is 0.280 e. The van der Waals surface area contributed by atoms with Gasteiger partial charge in [-0.1, -0.05) is 30.3 Å². The molecular formula is C21H20N4O2S. The molecule has 1 N–H and O–H groups in total. The smallest absolute Gasteiger partial charge is 0.280 e. The molecule has 142 valence electrons. The number of fused-ring (bicyclic) bond motifs is 1. The zero-order valence-electron chi connectivity index (χ0n) is 15.4. The Balaban J connectivity index is 1.54. The van der Waals surface area contributed by atoms with Crippen LogP contribution in [-0.4, -0.2) is 33.6 Å². The van der Waals surface area contributed by atoms with Crippen LogP contribution in [0.3, 0.4) is 0 Å². The molecule has 0 spiro atoms. The summed E-state index contributed by atoms with van der Waals surface area (Å²) in [6, 6.07) is 15.7. The number of thiazole rings is 1. The fourth-order valence-corrected chi connectivity index (χ4v) is 3.98. The zero-order valence-corrected chi connectivity index (χ0v) is 16.2. The maximum absolute atomic E-state index is 12.9. The molecule has 0 bridgehead atoms. The molecule has 1 atom stereocenters. The van der Waals surface area contributed by atoms with Gasteiger partial charge in [-0.25, -0.2) is 9.97 Å². The van der Waals surface area contributed by atoms with Crippen LogP contribution >= 0.6 is 11.3 Å². The summed E-state index contributed by atoms with van der Waals surface area (Å²) in [4.78, 5) is 21.4. The summed E-state index contributed by atoms with van der Waals surface area (Å²) in [5.41, 5.74) is 1.96. The van der Waals surface area contributed by atoms with Gasteiger partial charge in [0.1, 0.15) is 5.75 Å². The third-order valence-electron chi connectivity index (χ3n) is 4.44. The van der Waals surface area contributed by atoms with Gasteiger partial charge in [0.15, 0.2) is 5.01 Å². The van der Waals surface area contributed by atoms with Crippen molar-refractivity contribution in [2.75, 3.05) is 7.11 Å². The zero-order chi connectivity index (χ0) is 19.3. The highest BCUT2D eigenvalue weighted by Crippen LogP contribution is 2.26. The van der Waals surface area contributed by atoms with E-state index in [9.17, 15) is 4.79 Å². The summed E-state index contributed by atoms with van der Waals surface area (Å²) >= 11 is 1.37. The van der Waals surface area contributed by atoms with Crippen molar-refractivity contribution in [1.82, 2.24) is 19.9 Å². The SMILES string of the molecule is COc1ccc2nc(C(=O)NC(Cc3ccccc3)Cn3ccnc3)sc2c1. The number of ether oxygens (including phenoxy) is 1. The molecule has 0 radical (unpaired) electrons. The molecule has 28 heavy (non-hydrogen) atoms. The number of amides is 1. The Labute approximate surface area is 166 Å². The number of aromatic nitrogens is 3. The van der Waals surface area contributed by atoms with Crippen LogP contribution in [0.2, 0.25) is 0 Å². The van der Waals surface area contributed by atoms with Crippen molar-refractivity contribution in [2.24, 2.45) is 0 Å². The van der Waals surface area contributed by atoms with Crippen LogP contribution in [0.5, 0.6) is 5.75 Å². The number of carbonyl (C=O) groups excluding carboxylic acids is 1. The average molecular weight is 392 g/mol. The van der Waals surface area contributed by atoms with E-state index >= 15 is 0 Å². The van der Waals surface area contributed by atoms with Crippen molar-refractivity contribution in [3.63, 3.8) is 0 Å². The summed E-state index contributed by atoms with van der Waals surface area (Å²) in [7, 11) is 1.63. The highest BCUT2D eigenvalue weighted by molar-refractivity contribution is 7.20. The predicted octanol–water partition coefficient (Wildman–Crippen LogP) is 3.54. The van der Waals surface area contributed by atoms with Gasteiger partial charge in [-0.3, -0.25) is 4.79 Å². The summed E-state index contributed by atoms with van der Waals surface area (Å²) in [6.45, 7) is 0.638. The highest BCUT2D eigenvalue weighted by atomic mass is 32.1. The van der Waals surface area contributed by atoms with E-state index in [0.717, 1.165) is 22.4 Å². The number of hydrogen-bond acceptors (Lipinski definition) is 5. The third-order valence-corrected chi connectivity index (χ3v) is 5.46. The van der Waals surface area contributed by atoms with Gasteiger partial charge in [-0.15, -0.1) is 11.3 Å². The Kier molecular flexibility index (Phi) is 5.34. The van der Waals surface area contributed by atoms with Crippen LogP contribution in [-0.2, 0) is 13.0 Å². The largest absolute Gasteiger partial charge is 0.497 e. The van der Waals surface area contributed by atoms with E-state index in [-0.39, 0.29) is 11.9 Å². The molecule has 2 aromatic heterocycles. The minimum absolute atomic E-state index is 0.0781. The van der Waals surface area contributed by atoms with Crippen LogP contribution < -0.4 is 10.1 Å². The van der Waals surface area contributed by atoms with Gasteiger partial charge in [0.2, 0.25) is 0 Å². The number of methoxy groups -OCH3 is 1. The molecule has 0 aliphatic rings. The number of nitrogens with zero attached hydrogens (tertiary/aromatic N) is 3. The molecule has 0 saturated heterocycles. The standard InChI is InChI=1S/C21H20N4O2S/c1-27-17-7-8-18-19(12-17)28-21(24-18)20(26)23-16(13-25-10-9-22-14-25)11-15-5-3-2-4-6-15/h2-10,12,14,16H,11,13H2,1H3,(H,23,26). The molecule has 0 aliphatic carbocycles. The lowest BCUT2D eigenvalue weighted by Gasteiger charge is -2.19. The van der Waals surface area contributed by atoms with Crippen LogP contribution in [0.1, 0.15) is 15.4 Å². The fraction of sp³-hybridized carbons (Fsp3) is 0.190. The van der Waals surface area contributed by atoms with Crippen molar-refractivity contribution in [2.45, 2.75) is 19.0 Å². The van der Waals surface area contributed by atoms with E-state index in [1.54, 1.807) is 19.6 Å². The van der Waals surface area contributed by atoms with E-state index in [1.807, 2.05) is 47.2 Å². The monoisotopic (exact) mass is 392 g/mol. The molecule has 7 heteroatoms. The third kappa shape index (κ3) is 4.20. The number of rotatable bonds is 7. The van der Waals surface area contributed by atoms with Crippen molar-refractivity contribution < 1.29 is 9.53 Å². The van der Waals surface area contributed by atoms with E-state index < -0.39 is 0 Å². The van der Waals surface area contributed by atoms with Gasteiger partial charge in [0.05, 0.1) is 29.7 Å². The van der Waals surface area contributed by atoms with Gasteiger partial charge in [0.25, 0.3) is 5.91 Å². The van der Waals surface area contributed by atoms with Gasteiger partial charge in [-0.05, 0) is 30.2 Å². The lowest BCUT2D eigenvalue weighted by Crippen LogP contribution is -2.39. The van der Waals surface area contributed by atoms with Gasteiger partial charge in [0, 0.05) is 18.9 Å². The first kappa shape index (κ1) is 18.2. The molecule has 1 unspecified atom stereocenters. The number of nitrogens with one attached hydrogen (secondary N) is 1. The summed E-state index contributed by atoms with van der Waals surface area (Å²) in [6.07, 6.45) is 6.12. The van der Waals surface area contributed by atoms with Crippen molar-refractivity contribution >= 4 is 27.5 Å². The quantitative estimate of drug-likeness (QED) is 0.522. The molecule has 2 heterocycles. The Morgan fingerprint density at radius 1 is 1.25 bits per heavy atom. The number of benzene rings is 2. The highest BCUT2D eigenvalue weighted by Gasteiger charge is 2.18. The molecule has 0 aliphatic heterocycles.